The highest BCUT2D eigenvalue weighted by atomic mass is 16.5. The Morgan fingerprint density at radius 1 is 0.800 bits per heavy atom. The number of carbonyl (C=O) groups is 5. The Balaban J connectivity index is 2.18. The zero-order chi connectivity index (χ0) is 29.5. The van der Waals surface area contributed by atoms with Crippen molar-refractivity contribution < 1.29 is 28.7 Å². The van der Waals surface area contributed by atoms with Gasteiger partial charge in [0.25, 0.3) is 0 Å². The lowest BCUT2D eigenvalue weighted by molar-refractivity contribution is -0.131. The number of ketones is 1. The lowest BCUT2D eigenvalue weighted by atomic mass is 10.0. The molecule has 40 heavy (non-hydrogen) atoms. The van der Waals surface area contributed by atoms with Crippen molar-refractivity contribution in [2.75, 3.05) is 6.54 Å². The first-order chi connectivity index (χ1) is 19.1. The molecule has 0 fully saturated rings. The van der Waals surface area contributed by atoms with E-state index in [0.717, 1.165) is 17.2 Å². The van der Waals surface area contributed by atoms with Gasteiger partial charge in [0.1, 0.15) is 24.7 Å². The maximum atomic E-state index is 13.4. The minimum absolute atomic E-state index is 0.0365. The average Bonchev–Trinajstić information content (AvgIpc) is 2.93. The van der Waals surface area contributed by atoms with Crippen LogP contribution in [0.3, 0.4) is 0 Å². The van der Waals surface area contributed by atoms with Crippen molar-refractivity contribution in [1.29, 1.82) is 0 Å². The second-order valence-corrected chi connectivity index (χ2v) is 9.74. The van der Waals surface area contributed by atoms with Crippen molar-refractivity contribution in [3.63, 3.8) is 0 Å². The van der Waals surface area contributed by atoms with Crippen molar-refractivity contribution in [2.24, 2.45) is 5.92 Å². The topological polar surface area (TPSA) is 143 Å². The van der Waals surface area contributed by atoms with E-state index >= 15 is 0 Å². The Hall–Kier alpha value is -4.47. The van der Waals surface area contributed by atoms with Crippen LogP contribution in [0.5, 0.6) is 0 Å². The van der Waals surface area contributed by atoms with Gasteiger partial charge in [0.2, 0.25) is 17.7 Å². The quantitative estimate of drug-likeness (QED) is 0.251. The normalized spacial score (nSPS) is 12.8. The number of nitrogens with one attached hydrogen (secondary N) is 4. The number of ether oxygens (including phenoxy) is 1. The molecule has 0 unspecified atom stereocenters. The van der Waals surface area contributed by atoms with Crippen LogP contribution in [0.25, 0.3) is 0 Å². The molecule has 0 spiro atoms. The van der Waals surface area contributed by atoms with E-state index in [-0.39, 0.29) is 31.4 Å². The molecule has 0 heterocycles. The number of benzene rings is 2. The molecule has 0 aromatic heterocycles. The van der Waals surface area contributed by atoms with E-state index in [1.54, 1.807) is 24.3 Å². The minimum Gasteiger partial charge on any atom is -0.445 e. The van der Waals surface area contributed by atoms with E-state index < -0.39 is 41.8 Å². The Labute approximate surface area is 234 Å². The Bertz CT molecular complexity index is 1150. The lowest BCUT2D eigenvalue weighted by Crippen LogP contribution is -2.57. The zero-order valence-corrected chi connectivity index (χ0v) is 23.1. The van der Waals surface area contributed by atoms with Crippen LogP contribution < -0.4 is 21.3 Å². The van der Waals surface area contributed by atoms with E-state index in [9.17, 15) is 24.0 Å². The largest absolute Gasteiger partial charge is 0.445 e. The summed E-state index contributed by atoms with van der Waals surface area (Å²) in [6, 6.07) is 15.1. The molecule has 0 radical (unpaired) electrons. The van der Waals surface area contributed by atoms with Crippen molar-refractivity contribution in [3.8, 4) is 0 Å². The molecule has 2 rings (SSSR count). The molecule has 0 saturated heterocycles. The summed E-state index contributed by atoms with van der Waals surface area (Å²) >= 11 is 0. The highest BCUT2D eigenvalue weighted by molar-refractivity contribution is 5.98. The SMILES string of the molecule is C=CC(=O)[C@H](CNC(C)=O)NC(=O)[C@H](Cc1ccccc1)NC(=O)[C@H](CC(C)C)NC(=O)OCc1ccccc1. The molecular weight excluding hydrogens is 512 g/mol. The van der Waals surface area contributed by atoms with Crippen molar-refractivity contribution in [2.45, 2.75) is 58.3 Å². The van der Waals surface area contributed by atoms with Gasteiger partial charge >= 0.3 is 6.09 Å². The van der Waals surface area contributed by atoms with Crippen LogP contribution in [0.2, 0.25) is 0 Å². The van der Waals surface area contributed by atoms with Crippen LogP contribution in [0.15, 0.2) is 73.3 Å². The summed E-state index contributed by atoms with van der Waals surface area (Å²) in [6.45, 7) is 8.45. The molecule has 3 atom stereocenters. The number of amides is 4. The number of alkyl carbamates (subject to hydrolysis) is 1. The summed E-state index contributed by atoms with van der Waals surface area (Å²) in [5.74, 6) is -2.02. The molecule has 0 aliphatic heterocycles. The average molecular weight is 551 g/mol. The third-order valence-electron chi connectivity index (χ3n) is 5.86. The maximum absolute atomic E-state index is 13.4. The van der Waals surface area contributed by atoms with Crippen LogP contribution in [-0.4, -0.2) is 54.3 Å². The van der Waals surface area contributed by atoms with E-state index in [2.05, 4.69) is 27.8 Å². The van der Waals surface area contributed by atoms with Gasteiger partial charge in [-0.05, 0) is 29.5 Å². The van der Waals surface area contributed by atoms with Crippen LogP contribution in [-0.2, 0) is 36.9 Å². The lowest BCUT2D eigenvalue weighted by Gasteiger charge is -2.25. The molecule has 4 amide bonds. The standard InChI is InChI=1S/C30H38N4O6/c1-5-27(36)26(18-31-21(4)35)33-29(38)25(17-22-12-8-6-9-13-22)32-28(37)24(16-20(2)3)34-30(39)40-19-23-14-10-7-11-15-23/h5-15,20,24-26H,1,16-19H2,2-4H3,(H,31,35)(H,32,37)(H,33,38)(H,34,39)/t24-,25-,26-/m0/s1. The fourth-order valence-electron chi connectivity index (χ4n) is 3.82. The van der Waals surface area contributed by atoms with Gasteiger partial charge in [0.15, 0.2) is 5.78 Å². The van der Waals surface area contributed by atoms with E-state index in [1.807, 2.05) is 50.2 Å². The minimum atomic E-state index is -1.08. The number of hydrogen-bond acceptors (Lipinski definition) is 6. The molecule has 10 nitrogen and oxygen atoms in total. The molecule has 0 aliphatic carbocycles. The zero-order valence-electron chi connectivity index (χ0n) is 23.1. The summed E-state index contributed by atoms with van der Waals surface area (Å²) < 4.78 is 5.29. The highest BCUT2D eigenvalue weighted by Gasteiger charge is 2.30. The molecule has 4 N–H and O–H groups in total. The van der Waals surface area contributed by atoms with E-state index in [1.165, 1.54) is 6.92 Å². The fraction of sp³-hybridized carbons (Fsp3) is 0.367. The molecule has 0 bridgehead atoms. The van der Waals surface area contributed by atoms with Crippen molar-refractivity contribution in [1.82, 2.24) is 21.3 Å². The molecule has 2 aromatic rings. The first-order valence-electron chi connectivity index (χ1n) is 13.1. The van der Waals surface area contributed by atoms with Crippen LogP contribution in [0, 0.1) is 5.92 Å². The second-order valence-electron chi connectivity index (χ2n) is 9.74. The van der Waals surface area contributed by atoms with Gasteiger partial charge in [-0.15, -0.1) is 0 Å². The fourth-order valence-corrected chi connectivity index (χ4v) is 3.82. The molecular formula is C30H38N4O6. The predicted molar refractivity (Wildman–Crippen MR) is 151 cm³/mol. The number of rotatable bonds is 15. The summed E-state index contributed by atoms with van der Waals surface area (Å²) in [7, 11) is 0. The van der Waals surface area contributed by atoms with Gasteiger partial charge in [-0.2, -0.15) is 0 Å². The van der Waals surface area contributed by atoms with E-state index in [4.69, 9.17) is 4.74 Å². The third-order valence-corrected chi connectivity index (χ3v) is 5.86. The van der Waals surface area contributed by atoms with Gasteiger partial charge in [-0.1, -0.05) is 81.1 Å². The van der Waals surface area contributed by atoms with Crippen molar-refractivity contribution in [3.05, 3.63) is 84.4 Å². The van der Waals surface area contributed by atoms with Gasteiger partial charge in [-0.25, -0.2) is 4.79 Å². The van der Waals surface area contributed by atoms with E-state index in [0.29, 0.717) is 6.42 Å². The highest BCUT2D eigenvalue weighted by Crippen LogP contribution is 2.09. The first-order valence-corrected chi connectivity index (χ1v) is 13.1. The van der Waals surface area contributed by atoms with Gasteiger partial charge in [0.05, 0.1) is 0 Å². The van der Waals surface area contributed by atoms with Gasteiger partial charge in [0, 0.05) is 19.9 Å². The molecule has 0 saturated carbocycles. The Kier molecular flexibility index (Phi) is 13.1. The van der Waals surface area contributed by atoms with Crippen LogP contribution >= 0.6 is 0 Å². The summed E-state index contributed by atoms with van der Waals surface area (Å²) in [6.07, 6.45) is 0.717. The molecule has 10 heteroatoms. The second kappa shape index (κ2) is 16.5. The smallest absolute Gasteiger partial charge is 0.408 e. The Morgan fingerprint density at radius 3 is 1.90 bits per heavy atom. The summed E-state index contributed by atoms with van der Waals surface area (Å²) in [4.78, 5) is 63.0. The number of carbonyl (C=O) groups excluding carboxylic acids is 5. The Morgan fingerprint density at radius 2 is 1.35 bits per heavy atom. The van der Waals surface area contributed by atoms with Gasteiger partial charge in [-0.3, -0.25) is 19.2 Å². The maximum Gasteiger partial charge on any atom is 0.408 e. The predicted octanol–water partition coefficient (Wildman–Crippen LogP) is 2.43. The molecule has 0 aliphatic rings. The molecule has 214 valence electrons. The summed E-state index contributed by atoms with van der Waals surface area (Å²) in [5, 5.41) is 10.5. The first kappa shape index (κ1) is 31.7. The van der Waals surface area contributed by atoms with Crippen LogP contribution in [0.4, 0.5) is 4.79 Å². The summed E-state index contributed by atoms with van der Waals surface area (Å²) in [5.41, 5.74) is 1.57. The van der Waals surface area contributed by atoms with Gasteiger partial charge < -0.3 is 26.0 Å². The number of hydrogen-bond donors (Lipinski definition) is 4. The van der Waals surface area contributed by atoms with Crippen molar-refractivity contribution >= 4 is 29.6 Å². The van der Waals surface area contributed by atoms with Crippen LogP contribution in [0.1, 0.15) is 38.3 Å². The monoisotopic (exact) mass is 550 g/mol. The molecule has 2 aromatic carbocycles. The third kappa shape index (κ3) is 11.5.